The molecule has 1 fully saturated rings. The number of halogens is 1. The molecule has 7 heteroatoms. The molecule has 0 radical (unpaired) electrons. The van der Waals surface area contributed by atoms with Crippen LogP contribution in [0.3, 0.4) is 0 Å². The molecule has 3 N–H and O–H groups in total. The van der Waals surface area contributed by atoms with Gasteiger partial charge in [0.1, 0.15) is 5.82 Å². The number of sulfonamides is 1. The van der Waals surface area contributed by atoms with Crippen molar-refractivity contribution in [3.05, 3.63) is 24.0 Å². The van der Waals surface area contributed by atoms with E-state index in [0.29, 0.717) is 12.3 Å². The van der Waals surface area contributed by atoms with Gasteiger partial charge in [0.25, 0.3) is 0 Å². The Morgan fingerprint density at radius 1 is 1.33 bits per heavy atom. The lowest BCUT2D eigenvalue weighted by atomic mass is 10.0. The second kappa shape index (κ2) is 6.53. The fourth-order valence-corrected chi connectivity index (χ4v) is 3.16. The Hall–Kier alpha value is -1.47. The van der Waals surface area contributed by atoms with Gasteiger partial charge in [0.05, 0.1) is 10.6 Å². The third-order valence-electron chi connectivity index (χ3n) is 3.79. The Morgan fingerprint density at radius 2 is 2.00 bits per heavy atom. The van der Waals surface area contributed by atoms with E-state index in [1.54, 1.807) is 0 Å². The summed E-state index contributed by atoms with van der Waals surface area (Å²) in [5, 5.41) is 7.40. The van der Waals surface area contributed by atoms with Crippen LogP contribution in [0.1, 0.15) is 38.5 Å². The zero-order valence-corrected chi connectivity index (χ0v) is 12.5. The van der Waals surface area contributed by atoms with Gasteiger partial charge >= 0.3 is 0 Å². The first kappa shape index (κ1) is 15.9. The largest absolute Gasteiger partial charge is 0.324 e. The van der Waals surface area contributed by atoms with Crippen molar-refractivity contribution in [1.82, 2.24) is 0 Å². The van der Waals surface area contributed by atoms with Crippen LogP contribution < -0.4 is 10.5 Å². The van der Waals surface area contributed by atoms with E-state index in [1.807, 2.05) is 0 Å². The van der Waals surface area contributed by atoms with Crippen molar-refractivity contribution < 1.29 is 17.6 Å². The minimum Gasteiger partial charge on any atom is -0.324 e. The average molecular weight is 314 g/mol. The number of anilines is 1. The van der Waals surface area contributed by atoms with E-state index in [1.165, 1.54) is 12.8 Å². The van der Waals surface area contributed by atoms with E-state index >= 15 is 0 Å². The second-order valence-corrected chi connectivity index (χ2v) is 6.99. The first-order chi connectivity index (χ1) is 9.86. The van der Waals surface area contributed by atoms with Crippen LogP contribution in [-0.2, 0) is 14.8 Å². The molecular formula is C14H19FN2O3S. The number of nitrogens with one attached hydrogen (secondary N) is 1. The molecule has 2 rings (SSSR count). The molecule has 21 heavy (non-hydrogen) atoms. The molecule has 0 aromatic heterocycles. The highest BCUT2D eigenvalue weighted by Gasteiger charge is 2.17. The maximum Gasteiger partial charge on any atom is 0.238 e. The number of carbonyl (C=O) groups is 1. The number of carbonyl (C=O) groups excluding carboxylic acids is 1. The van der Waals surface area contributed by atoms with Crippen LogP contribution in [0.15, 0.2) is 23.1 Å². The van der Waals surface area contributed by atoms with Gasteiger partial charge in [0, 0.05) is 6.42 Å². The van der Waals surface area contributed by atoms with Crippen LogP contribution in [0.4, 0.5) is 10.1 Å². The second-order valence-electron chi connectivity index (χ2n) is 5.42. The molecule has 0 saturated heterocycles. The first-order valence-electron chi connectivity index (χ1n) is 6.98. The standard InChI is InChI=1S/C14H19FN2O3S/c15-12-7-6-11(21(16,19)20)9-13(12)17-14(18)8-5-10-3-1-2-4-10/h6-7,9-10H,1-5,8H2,(H,17,18)(H2,16,19,20). The summed E-state index contributed by atoms with van der Waals surface area (Å²) in [5.74, 6) is -0.430. The lowest BCUT2D eigenvalue weighted by molar-refractivity contribution is -0.116. The molecular weight excluding hydrogens is 295 g/mol. The summed E-state index contributed by atoms with van der Waals surface area (Å²) in [7, 11) is -3.92. The van der Waals surface area contributed by atoms with Crippen molar-refractivity contribution in [2.24, 2.45) is 11.1 Å². The third kappa shape index (κ3) is 4.50. The molecule has 116 valence electrons. The molecule has 1 aliphatic carbocycles. The van der Waals surface area contributed by atoms with E-state index in [-0.39, 0.29) is 16.5 Å². The molecule has 1 saturated carbocycles. The van der Waals surface area contributed by atoms with E-state index in [2.05, 4.69) is 5.32 Å². The minimum absolute atomic E-state index is 0.155. The molecule has 0 heterocycles. The molecule has 0 spiro atoms. The molecule has 0 aliphatic heterocycles. The lowest BCUT2D eigenvalue weighted by Gasteiger charge is -2.10. The molecule has 0 unspecified atom stereocenters. The van der Waals surface area contributed by atoms with Crippen LogP contribution in [0.5, 0.6) is 0 Å². The van der Waals surface area contributed by atoms with Crippen LogP contribution in [0.25, 0.3) is 0 Å². The van der Waals surface area contributed by atoms with Crippen molar-refractivity contribution in [1.29, 1.82) is 0 Å². The van der Waals surface area contributed by atoms with Gasteiger partial charge in [-0.2, -0.15) is 0 Å². The fourth-order valence-electron chi connectivity index (χ4n) is 2.62. The number of hydrogen-bond acceptors (Lipinski definition) is 3. The number of primary sulfonamides is 1. The van der Waals surface area contributed by atoms with Crippen molar-refractivity contribution in [2.45, 2.75) is 43.4 Å². The van der Waals surface area contributed by atoms with Gasteiger partial charge in [-0.15, -0.1) is 0 Å². The topological polar surface area (TPSA) is 89.3 Å². The maximum atomic E-state index is 13.6. The zero-order valence-electron chi connectivity index (χ0n) is 11.6. The summed E-state index contributed by atoms with van der Waals surface area (Å²) in [4.78, 5) is 11.6. The number of hydrogen-bond donors (Lipinski definition) is 2. The van der Waals surface area contributed by atoms with Crippen LogP contribution >= 0.6 is 0 Å². The van der Waals surface area contributed by atoms with Crippen molar-refractivity contribution in [3.63, 3.8) is 0 Å². The fraction of sp³-hybridized carbons (Fsp3) is 0.500. The number of benzene rings is 1. The molecule has 0 atom stereocenters. The van der Waals surface area contributed by atoms with Gasteiger partial charge in [-0.05, 0) is 30.5 Å². The number of rotatable bonds is 5. The highest BCUT2D eigenvalue weighted by molar-refractivity contribution is 7.89. The maximum absolute atomic E-state index is 13.6. The van der Waals surface area contributed by atoms with Crippen molar-refractivity contribution in [3.8, 4) is 0 Å². The van der Waals surface area contributed by atoms with Crippen LogP contribution in [0, 0.1) is 11.7 Å². The Kier molecular flexibility index (Phi) is 4.95. The van der Waals surface area contributed by atoms with E-state index in [9.17, 15) is 17.6 Å². The van der Waals surface area contributed by atoms with Gasteiger partial charge in [0.2, 0.25) is 15.9 Å². The zero-order chi connectivity index (χ0) is 15.5. The normalized spacial score (nSPS) is 16.1. The highest BCUT2D eigenvalue weighted by atomic mass is 32.2. The van der Waals surface area contributed by atoms with E-state index in [4.69, 9.17) is 5.14 Å². The molecule has 0 bridgehead atoms. The molecule has 1 amide bonds. The monoisotopic (exact) mass is 314 g/mol. The average Bonchev–Trinajstić information content (AvgIpc) is 2.91. The van der Waals surface area contributed by atoms with E-state index in [0.717, 1.165) is 37.5 Å². The number of amides is 1. The predicted octanol–water partition coefficient (Wildman–Crippen LogP) is 2.38. The van der Waals surface area contributed by atoms with Crippen LogP contribution in [0.2, 0.25) is 0 Å². The summed E-state index contributed by atoms with van der Waals surface area (Å²) >= 11 is 0. The Morgan fingerprint density at radius 3 is 2.62 bits per heavy atom. The van der Waals surface area contributed by atoms with Crippen molar-refractivity contribution in [2.75, 3.05) is 5.32 Å². The molecule has 5 nitrogen and oxygen atoms in total. The van der Waals surface area contributed by atoms with E-state index < -0.39 is 15.8 Å². The Balaban J connectivity index is 1.99. The molecule has 1 aromatic rings. The van der Waals surface area contributed by atoms with Crippen LogP contribution in [-0.4, -0.2) is 14.3 Å². The molecule has 1 aromatic carbocycles. The van der Waals surface area contributed by atoms with Crippen molar-refractivity contribution >= 4 is 21.6 Å². The quantitative estimate of drug-likeness (QED) is 0.874. The predicted molar refractivity (Wildman–Crippen MR) is 77.6 cm³/mol. The summed E-state index contributed by atoms with van der Waals surface area (Å²) < 4.78 is 36.1. The van der Waals surface area contributed by atoms with Gasteiger partial charge in [-0.1, -0.05) is 25.7 Å². The highest BCUT2D eigenvalue weighted by Crippen LogP contribution is 2.28. The summed E-state index contributed by atoms with van der Waals surface area (Å²) in [6.45, 7) is 0. The van der Waals surface area contributed by atoms with Gasteiger partial charge in [0.15, 0.2) is 0 Å². The van der Waals surface area contributed by atoms with Gasteiger partial charge < -0.3 is 5.32 Å². The minimum atomic E-state index is -3.92. The summed E-state index contributed by atoms with van der Waals surface area (Å²) in [5.41, 5.74) is -0.155. The summed E-state index contributed by atoms with van der Waals surface area (Å²) in [6, 6.07) is 3.09. The SMILES string of the molecule is NS(=O)(=O)c1ccc(F)c(NC(=O)CCC2CCCC2)c1. The first-order valence-corrected chi connectivity index (χ1v) is 8.53. The summed E-state index contributed by atoms with van der Waals surface area (Å²) in [6.07, 6.45) is 5.78. The smallest absolute Gasteiger partial charge is 0.238 e. The Bertz CT molecular complexity index is 625. The van der Waals surface area contributed by atoms with Gasteiger partial charge in [-0.3, -0.25) is 4.79 Å². The molecule has 1 aliphatic rings. The number of nitrogens with two attached hydrogens (primary N) is 1. The lowest BCUT2D eigenvalue weighted by Crippen LogP contribution is -2.16. The Labute approximate surface area is 123 Å². The van der Waals surface area contributed by atoms with Gasteiger partial charge in [-0.25, -0.2) is 17.9 Å². The third-order valence-corrected chi connectivity index (χ3v) is 4.71.